The molecule has 1 aromatic rings. The van der Waals surface area contributed by atoms with Crippen molar-refractivity contribution in [1.29, 1.82) is 0 Å². The molecular weight excluding hydrogens is 411 g/mol. The Bertz CT molecular complexity index is 523. The zero-order chi connectivity index (χ0) is 18.5. The van der Waals surface area contributed by atoms with Crippen molar-refractivity contribution in [2.75, 3.05) is 0 Å². The minimum absolute atomic E-state index is 0.461. The average Bonchev–Trinajstić information content (AvgIpc) is 2.90. The van der Waals surface area contributed by atoms with Crippen LogP contribution in [0.3, 0.4) is 0 Å². The van der Waals surface area contributed by atoms with Gasteiger partial charge in [-0.05, 0) is 0 Å². The first-order valence-corrected chi connectivity index (χ1v) is 18.4. The van der Waals surface area contributed by atoms with E-state index < -0.39 is 18.4 Å². The van der Waals surface area contributed by atoms with Crippen molar-refractivity contribution >= 4 is 22.1 Å². The van der Waals surface area contributed by atoms with E-state index in [2.05, 4.69) is 46.3 Å². The first-order valence-electron chi connectivity index (χ1n) is 10.9. The Morgan fingerprint density at radius 3 is 1.96 bits per heavy atom. The van der Waals surface area contributed by atoms with E-state index in [0.717, 1.165) is 0 Å². The first-order chi connectivity index (χ1) is 11.9. The number of hydrogen-bond acceptors (Lipinski definition) is 1. The summed E-state index contributed by atoms with van der Waals surface area (Å²) in [7, 11) is 2.22. The van der Waals surface area contributed by atoms with Gasteiger partial charge in [0.05, 0.1) is 0 Å². The van der Waals surface area contributed by atoms with Crippen molar-refractivity contribution < 1.29 is 0 Å². The SMILES string of the molecule is CCC[CH2][Sn]([CH2]CCC)([CH2]CCC)[c]1nn(C)c2c1CC(C)(C)CC2. The van der Waals surface area contributed by atoms with Crippen LogP contribution in [-0.2, 0) is 19.9 Å². The fourth-order valence-electron chi connectivity index (χ4n) is 4.83. The summed E-state index contributed by atoms with van der Waals surface area (Å²) < 4.78 is 8.60. The topological polar surface area (TPSA) is 17.8 Å². The number of hydrogen-bond donors (Lipinski definition) is 0. The fraction of sp³-hybridized carbons (Fsp3) is 0.864. The predicted octanol–water partition coefficient (Wildman–Crippen LogP) is 5.99. The van der Waals surface area contributed by atoms with Crippen LogP contribution in [0.1, 0.15) is 90.8 Å². The molecule has 0 amide bonds. The summed E-state index contributed by atoms with van der Waals surface area (Å²) in [5.74, 6) is 0. The molecule has 0 aliphatic heterocycles. The molecule has 0 bridgehead atoms. The monoisotopic (exact) mass is 454 g/mol. The summed E-state index contributed by atoms with van der Waals surface area (Å²) in [6.07, 6.45) is 12.2. The van der Waals surface area contributed by atoms with Crippen LogP contribution in [0.15, 0.2) is 0 Å². The molecule has 1 aliphatic carbocycles. The third-order valence-electron chi connectivity index (χ3n) is 6.50. The van der Waals surface area contributed by atoms with E-state index in [0.29, 0.717) is 5.41 Å². The van der Waals surface area contributed by atoms with E-state index >= 15 is 0 Å². The number of nitrogens with zero attached hydrogens (tertiary/aromatic N) is 2. The molecule has 3 heteroatoms. The molecule has 0 fully saturated rings. The normalized spacial score (nSPS) is 16.9. The Hall–Kier alpha value is 0.00870. The summed E-state index contributed by atoms with van der Waals surface area (Å²) in [5.41, 5.74) is 3.76. The molecule has 25 heavy (non-hydrogen) atoms. The molecule has 0 atom stereocenters. The molecule has 0 radical (unpaired) electrons. The second-order valence-electron chi connectivity index (χ2n) is 9.33. The molecule has 0 saturated carbocycles. The quantitative estimate of drug-likeness (QED) is 0.398. The number of unbranched alkanes of at least 4 members (excludes halogenated alkanes) is 3. The van der Waals surface area contributed by atoms with Gasteiger partial charge in [0.1, 0.15) is 0 Å². The number of rotatable bonds is 10. The van der Waals surface area contributed by atoms with E-state index in [1.807, 2.05) is 0 Å². The summed E-state index contributed by atoms with van der Waals surface area (Å²) >= 11 is -2.41. The van der Waals surface area contributed by atoms with Gasteiger partial charge in [0, 0.05) is 0 Å². The third kappa shape index (κ3) is 5.05. The summed E-state index contributed by atoms with van der Waals surface area (Å²) in [5, 5.41) is 5.30. The van der Waals surface area contributed by atoms with Crippen molar-refractivity contribution in [1.82, 2.24) is 9.78 Å². The van der Waals surface area contributed by atoms with Crippen LogP contribution in [0, 0.1) is 5.41 Å². The molecular formula is C22H42N2Sn. The third-order valence-corrected chi connectivity index (χ3v) is 21.7. The number of aromatic nitrogens is 2. The molecule has 0 unspecified atom stereocenters. The van der Waals surface area contributed by atoms with Gasteiger partial charge >= 0.3 is 161 Å². The summed E-state index contributed by atoms with van der Waals surface area (Å²) in [6, 6.07) is 0. The van der Waals surface area contributed by atoms with Gasteiger partial charge in [-0.3, -0.25) is 0 Å². The standard InChI is InChI=1S/C10H15N2.3C4H9.Sn/c1-10(2)5-4-9-8(6-10)7-11-12(9)3;3*1-3-4-2;/h4-6H2,1-3H3;3*1,3-4H2,2H3;. The van der Waals surface area contributed by atoms with Gasteiger partial charge in [0.15, 0.2) is 0 Å². The Labute approximate surface area is 161 Å². The van der Waals surface area contributed by atoms with Gasteiger partial charge in [0.2, 0.25) is 0 Å². The molecule has 0 saturated heterocycles. The second-order valence-corrected chi connectivity index (χ2v) is 22.3. The van der Waals surface area contributed by atoms with Crippen LogP contribution in [0.4, 0.5) is 0 Å². The molecule has 144 valence electrons. The van der Waals surface area contributed by atoms with Gasteiger partial charge in [-0.1, -0.05) is 0 Å². The molecule has 1 heterocycles. The van der Waals surface area contributed by atoms with Crippen molar-refractivity contribution in [2.45, 2.75) is 106 Å². The molecule has 2 rings (SSSR count). The zero-order valence-corrected chi connectivity index (χ0v) is 20.7. The maximum atomic E-state index is 5.30. The first kappa shape index (κ1) is 21.3. The number of aryl methyl sites for hydroxylation is 1. The molecule has 0 N–H and O–H groups in total. The van der Waals surface area contributed by atoms with Gasteiger partial charge < -0.3 is 0 Å². The molecule has 2 nitrogen and oxygen atoms in total. The van der Waals surface area contributed by atoms with Crippen molar-refractivity contribution in [3.05, 3.63) is 11.3 Å². The maximum absolute atomic E-state index is 5.30. The predicted molar refractivity (Wildman–Crippen MR) is 114 cm³/mol. The van der Waals surface area contributed by atoms with Gasteiger partial charge in [0.25, 0.3) is 0 Å². The zero-order valence-electron chi connectivity index (χ0n) is 17.9. The minimum atomic E-state index is -2.41. The summed E-state index contributed by atoms with van der Waals surface area (Å²) in [4.78, 5) is 0. The van der Waals surface area contributed by atoms with Crippen molar-refractivity contribution in [3.8, 4) is 0 Å². The number of fused-ring (bicyclic) bond motifs is 1. The van der Waals surface area contributed by atoms with E-state index in [-0.39, 0.29) is 0 Å². The van der Waals surface area contributed by atoms with Crippen LogP contribution in [-0.4, -0.2) is 28.2 Å². The van der Waals surface area contributed by atoms with E-state index in [1.54, 1.807) is 15.0 Å². The van der Waals surface area contributed by atoms with E-state index in [9.17, 15) is 0 Å². The molecule has 1 aromatic heterocycles. The molecule has 0 aromatic carbocycles. The van der Waals surface area contributed by atoms with Crippen LogP contribution >= 0.6 is 0 Å². The molecule has 1 aliphatic rings. The average molecular weight is 453 g/mol. The van der Waals surface area contributed by atoms with E-state index in [1.165, 1.54) is 71.1 Å². The Morgan fingerprint density at radius 1 is 0.960 bits per heavy atom. The van der Waals surface area contributed by atoms with Gasteiger partial charge in [-0.25, -0.2) is 0 Å². The summed E-state index contributed by atoms with van der Waals surface area (Å²) in [6.45, 7) is 12.0. The Balaban J connectivity index is 2.48. The van der Waals surface area contributed by atoms with Crippen LogP contribution in [0.5, 0.6) is 0 Å². The van der Waals surface area contributed by atoms with Crippen molar-refractivity contribution in [2.24, 2.45) is 12.5 Å². The van der Waals surface area contributed by atoms with Crippen LogP contribution in [0.2, 0.25) is 13.3 Å². The Morgan fingerprint density at radius 2 is 1.48 bits per heavy atom. The second kappa shape index (κ2) is 9.28. The Kier molecular flexibility index (Phi) is 7.91. The van der Waals surface area contributed by atoms with Crippen molar-refractivity contribution in [3.63, 3.8) is 0 Å². The van der Waals surface area contributed by atoms with Gasteiger partial charge in [-0.2, -0.15) is 0 Å². The molecule has 0 spiro atoms. The van der Waals surface area contributed by atoms with Crippen LogP contribution in [0.25, 0.3) is 0 Å². The van der Waals surface area contributed by atoms with E-state index in [4.69, 9.17) is 5.10 Å². The fourth-order valence-corrected chi connectivity index (χ4v) is 21.3. The van der Waals surface area contributed by atoms with Gasteiger partial charge in [-0.15, -0.1) is 0 Å². The van der Waals surface area contributed by atoms with Crippen LogP contribution < -0.4 is 3.71 Å².